The Labute approximate surface area is 84.7 Å². The molecule has 6 nitrogen and oxygen atoms in total. The van der Waals surface area contributed by atoms with Gasteiger partial charge >= 0.3 is 0 Å². The third-order valence-corrected chi connectivity index (χ3v) is 1.84. The largest absolute Gasteiger partial charge is 0.383 e. The highest BCUT2D eigenvalue weighted by Gasteiger charge is 2.09. The highest BCUT2D eigenvalue weighted by molar-refractivity contribution is 6.30. The summed E-state index contributed by atoms with van der Waals surface area (Å²) >= 11 is 5.77. The zero-order chi connectivity index (χ0) is 10.1. The van der Waals surface area contributed by atoms with E-state index in [2.05, 4.69) is 20.4 Å². The van der Waals surface area contributed by atoms with Crippen LogP contribution >= 0.6 is 11.6 Å². The lowest BCUT2D eigenvalue weighted by molar-refractivity contribution is 0.630. The Morgan fingerprint density at radius 3 is 2.93 bits per heavy atom. The summed E-state index contributed by atoms with van der Waals surface area (Å²) in [6.07, 6.45) is 1.47. The number of halogens is 1. The molecule has 2 aromatic heterocycles. The van der Waals surface area contributed by atoms with E-state index in [1.807, 2.05) is 0 Å². The number of pyridine rings is 1. The Morgan fingerprint density at radius 2 is 2.29 bits per heavy atom. The predicted octanol–water partition coefficient (Wildman–Crippen LogP) is 0.508. The lowest BCUT2D eigenvalue weighted by Gasteiger charge is -1.99. The van der Waals surface area contributed by atoms with Gasteiger partial charge in [-0.3, -0.25) is 0 Å². The van der Waals surface area contributed by atoms with Crippen molar-refractivity contribution in [2.45, 2.75) is 0 Å². The molecular formula is C7H7ClN6. The summed E-state index contributed by atoms with van der Waals surface area (Å²) < 4.78 is 0. The minimum atomic E-state index is 0.336. The van der Waals surface area contributed by atoms with E-state index < -0.39 is 0 Å². The molecule has 2 N–H and O–H groups in total. The van der Waals surface area contributed by atoms with Gasteiger partial charge in [-0.05, 0) is 11.3 Å². The molecule has 2 aromatic rings. The minimum absolute atomic E-state index is 0.336. The van der Waals surface area contributed by atoms with Gasteiger partial charge in [-0.1, -0.05) is 11.6 Å². The van der Waals surface area contributed by atoms with E-state index in [4.69, 9.17) is 17.3 Å². The Hall–Kier alpha value is -1.69. The van der Waals surface area contributed by atoms with Crippen molar-refractivity contribution in [3.63, 3.8) is 0 Å². The van der Waals surface area contributed by atoms with Crippen LogP contribution in [0.1, 0.15) is 0 Å². The minimum Gasteiger partial charge on any atom is -0.383 e. The molecule has 0 amide bonds. The highest BCUT2D eigenvalue weighted by atomic mass is 35.5. The quantitative estimate of drug-likeness (QED) is 0.742. The molecule has 0 unspecified atom stereocenters. The maximum absolute atomic E-state index is 5.77. The topological polar surface area (TPSA) is 82.5 Å². The molecule has 0 saturated heterocycles. The van der Waals surface area contributed by atoms with E-state index in [1.54, 1.807) is 13.1 Å². The van der Waals surface area contributed by atoms with Crippen LogP contribution in [0, 0.1) is 0 Å². The first-order valence-electron chi connectivity index (χ1n) is 3.82. The molecule has 0 spiro atoms. The van der Waals surface area contributed by atoms with Crippen molar-refractivity contribution in [1.82, 2.24) is 25.2 Å². The number of nitrogen functional groups attached to an aromatic ring is 1. The highest BCUT2D eigenvalue weighted by Crippen LogP contribution is 2.22. The molecule has 2 heterocycles. The zero-order valence-electron chi connectivity index (χ0n) is 7.35. The molecule has 0 aromatic carbocycles. The Bertz CT molecular complexity index is 465. The van der Waals surface area contributed by atoms with E-state index in [1.165, 1.54) is 11.0 Å². The standard InChI is InChI=1S/C7H7ClN6/c1-14-12-7(11-13-14)5-2-4(8)3-10-6(5)9/h2-3H,1H3,(H2,9,10). The molecule has 0 aliphatic heterocycles. The molecule has 0 aliphatic rings. The third kappa shape index (κ3) is 1.51. The van der Waals surface area contributed by atoms with E-state index >= 15 is 0 Å². The van der Waals surface area contributed by atoms with Gasteiger partial charge in [0.15, 0.2) is 0 Å². The molecular weight excluding hydrogens is 204 g/mol. The summed E-state index contributed by atoms with van der Waals surface area (Å²) in [5, 5.41) is 12.0. The van der Waals surface area contributed by atoms with Crippen LogP contribution in [0.4, 0.5) is 5.82 Å². The number of nitrogens with two attached hydrogens (primary N) is 1. The van der Waals surface area contributed by atoms with Crippen molar-refractivity contribution in [2.75, 3.05) is 5.73 Å². The third-order valence-electron chi connectivity index (χ3n) is 1.63. The van der Waals surface area contributed by atoms with Crippen molar-refractivity contribution in [3.8, 4) is 11.4 Å². The molecule has 0 saturated carbocycles. The number of anilines is 1. The van der Waals surface area contributed by atoms with Gasteiger partial charge in [0, 0.05) is 6.20 Å². The normalized spacial score (nSPS) is 10.4. The molecule has 7 heteroatoms. The van der Waals surface area contributed by atoms with Crippen LogP contribution in [0.25, 0.3) is 11.4 Å². The van der Waals surface area contributed by atoms with E-state index in [0.717, 1.165) is 0 Å². The van der Waals surface area contributed by atoms with Crippen LogP contribution in [0.3, 0.4) is 0 Å². The Kier molecular flexibility index (Phi) is 2.05. The number of hydrogen-bond donors (Lipinski definition) is 1. The van der Waals surface area contributed by atoms with Crippen LogP contribution in [-0.4, -0.2) is 25.2 Å². The first-order valence-corrected chi connectivity index (χ1v) is 4.20. The second-order valence-electron chi connectivity index (χ2n) is 2.69. The summed E-state index contributed by atoms with van der Waals surface area (Å²) in [4.78, 5) is 5.24. The fraction of sp³-hybridized carbons (Fsp3) is 0.143. The average Bonchev–Trinajstić information content (AvgIpc) is 2.56. The molecule has 0 aliphatic carbocycles. The summed E-state index contributed by atoms with van der Waals surface area (Å²) in [6, 6.07) is 1.65. The van der Waals surface area contributed by atoms with Crippen molar-refractivity contribution in [3.05, 3.63) is 17.3 Å². The van der Waals surface area contributed by atoms with Gasteiger partial charge in [0.1, 0.15) is 5.82 Å². The van der Waals surface area contributed by atoms with Gasteiger partial charge in [-0.15, -0.1) is 10.2 Å². The van der Waals surface area contributed by atoms with Crippen LogP contribution < -0.4 is 5.73 Å². The number of nitrogens with zero attached hydrogens (tertiary/aromatic N) is 5. The fourth-order valence-corrected chi connectivity index (χ4v) is 1.18. The van der Waals surface area contributed by atoms with Crippen molar-refractivity contribution >= 4 is 17.4 Å². The number of aryl methyl sites for hydroxylation is 1. The van der Waals surface area contributed by atoms with Crippen LogP contribution in [0.2, 0.25) is 5.02 Å². The molecule has 0 bridgehead atoms. The van der Waals surface area contributed by atoms with E-state index in [-0.39, 0.29) is 0 Å². The molecule has 72 valence electrons. The van der Waals surface area contributed by atoms with Crippen molar-refractivity contribution in [2.24, 2.45) is 7.05 Å². The first-order chi connectivity index (χ1) is 6.66. The Morgan fingerprint density at radius 1 is 1.50 bits per heavy atom. The van der Waals surface area contributed by atoms with Gasteiger partial charge < -0.3 is 5.73 Å². The number of aromatic nitrogens is 5. The van der Waals surface area contributed by atoms with Crippen LogP contribution in [0.15, 0.2) is 12.3 Å². The molecule has 0 radical (unpaired) electrons. The second kappa shape index (κ2) is 3.22. The van der Waals surface area contributed by atoms with E-state index in [0.29, 0.717) is 22.2 Å². The average molecular weight is 211 g/mol. The molecule has 2 rings (SSSR count). The van der Waals surface area contributed by atoms with Crippen molar-refractivity contribution in [1.29, 1.82) is 0 Å². The fourth-order valence-electron chi connectivity index (χ4n) is 1.02. The summed E-state index contributed by atoms with van der Waals surface area (Å²) in [7, 11) is 1.67. The predicted molar refractivity (Wildman–Crippen MR) is 51.5 cm³/mol. The Balaban J connectivity index is 2.55. The SMILES string of the molecule is Cn1nnc(-c2cc(Cl)cnc2N)n1. The van der Waals surface area contributed by atoms with Gasteiger partial charge in [0.2, 0.25) is 5.82 Å². The van der Waals surface area contributed by atoms with Gasteiger partial charge in [-0.25, -0.2) is 4.98 Å². The van der Waals surface area contributed by atoms with Gasteiger partial charge in [0.05, 0.1) is 17.6 Å². The molecule has 14 heavy (non-hydrogen) atoms. The maximum atomic E-state index is 5.77. The molecule has 0 atom stereocenters. The first kappa shape index (κ1) is 8.89. The summed E-state index contributed by atoms with van der Waals surface area (Å²) in [6.45, 7) is 0. The smallest absolute Gasteiger partial charge is 0.208 e. The summed E-state index contributed by atoms with van der Waals surface area (Å²) in [5.41, 5.74) is 6.23. The second-order valence-corrected chi connectivity index (χ2v) is 3.13. The zero-order valence-corrected chi connectivity index (χ0v) is 8.10. The number of rotatable bonds is 1. The van der Waals surface area contributed by atoms with Crippen molar-refractivity contribution < 1.29 is 0 Å². The number of tetrazole rings is 1. The van der Waals surface area contributed by atoms with Crippen LogP contribution in [0.5, 0.6) is 0 Å². The van der Waals surface area contributed by atoms with Crippen LogP contribution in [-0.2, 0) is 7.05 Å². The maximum Gasteiger partial charge on any atom is 0.208 e. The van der Waals surface area contributed by atoms with Gasteiger partial charge in [0.25, 0.3) is 0 Å². The lowest BCUT2D eigenvalue weighted by Crippen LogP contribution is -1.96. The van der Waals surface area contributed by atoms with Gasteiger partial charge in [-0.2, -0.15) is 4.80 Å². The lowest BCUT2D eigenvalue weighted by atomic mass is 10.2. The monoisotopic (exact) mass is 210 g/mol. The molecule has 0 fully saturated rings. The number of hydrogen-bond acceptors (Lipinski definition) is 5. The summed E-state index contributed by atoms with van der Waals surface area (Å²) in [5.74, 6) is 0.752. The van der Waals surface area contributed by atoms with E-state index in [9.17, 15) is 0 Å².